The van der Waals surface area contributed by atoms with Gasteiger partial charge in [-0.25, -0.2) is 5.06 Å². The number of para-hydroxylation sites is 1. The van der Waals surface area contributed by atoms with Gasteiger partial charge < -0.3 is 0 Å². The summed E-state index contributed by atoms with van der Waals surface area (Å²) in [6, 6.07) is 7.75. The van der Waals surface area contributed by atoms with Crippen LogP contribution in [-0.4, -0.2) is 23.5 Å². The Bertz CT molecular complexity index is 396. The zero-order valence-corrected chi connectivity index (χ0v) is 8.65. The van der Waals surface area contributed by atoms with E-state index in [-0.39, 0.29) is 0 Å². The average Bonchev–Trinajstić information content (AvgIpc) is 2.36. The summed E-state index contributed by atoms with van der Waals surface area (Å²) in [6.45, 7) is 3.91. The molecule has 0 aliphatic carbocycles. The van der Waals surface area contributed by atoms with E-state index in [9.17, 15) is 5.21 Å². The zero-order valence-electron chi connectivity index (χ0n) is 8.65. The van der Waals surface area contributed by atoms with E-state index < -0.39 is 5.54 Å². The molecule has 1 aromatic rings. The summed E-state index contributed by atoms with van der Waals surface area (Å²) >= 11 is 0. The van der Waals surface area contributed by atoms with Crippen molar-refractivity contribution in [2.75, 3.05) is 12.1 Å². The van der Waals surface area contributed by atoms with Crippen LogP contribution in [0.1, 0.15) is 19.4 Å². The highest BCUT2D eigenvalue weighted by Gasteiger charge is 2.41. The third-order valence-corrected chi connectivity index (χ3v) is 2.72. The van der Waals surface area contributed by atoms with E-state index in [2.05, 4.69) is 4.99 Å². The van der Waals surface area contributed by atoms with Gasteiger partial charge in [0.1, 0.15) is 5.54 Å². The lowest BCUT2D eigenvalue weighted by molar-refractivity contribution is 0.211. The van der Waals surface area contributed by atoms with Gasteiger partial charge in [0, 0.05) is 12.6 Å². The molecule has 0 fully saturated rings. The van der Waals surface area contributed by atoms with Crippen LogP contribution in [0.3, 0.4) is 0 Å². The molecule has 74 valence electrons. The van der Waals surface area contributed by atoms with Crippen LogP contribution in [0.25, 0.3) is 0 Å². The van der Waals surface area contributed by atoms with Crippen LogP contribution < -0.4 is 5.06 Å². The molecule has 0 aromatic heterocycles. The van der Waals surface area contributed by atoms with Crippen LogP contribution in [0.4, 0.5) is 5.69 Å². The standard InChI is InChI=1S/C11H14N2O/c1-11(2)10(12-3)8-6-4-5-7-9(8)13(11)14/h4-7,14H,1-3H3. The van der Waals surface area contributed by atoms with Crippen LogP contribution >= 0.6 is 0 Å². The molecule has 1 heterocycles. The molecule has 0 amide bonds. The Balaban J connectivity index is 2.67. The van der Waals surface area contributed by atoms with Crippen molar-refractivity contribution in [2.45, 2.75) is 19.4 Å². The normalized spacial score (nSPS) is 21.4. The van der Waals surface area contributed by atoms with Gasteiger partial charge in [-0.05, 0) is 19.9 Å². The first-order valence-corrected chi connectivity index (χ1v) is 4.65. The van der Waals surface area contributed by atoms with Gasteiger partial charge >= 0.3 is 0 Å². The fourth-order valence-corrected chi connectivity index (χ4v) is 1.98. The largest absolute Gasteiger partial charge is 0.290 e. The van der Waals surface area contributed by atoms with Crippen LogP contribution in [-0.2, 0) is 0 Å². The quantitative estimate of drug-likeness (QED) is 0.680. The molecule has 1 aliphatic heterocycles. The van der Waals surface area contributed by atoms with E-state index in [1.807, 2.05) is 38.1 Å². The fraction of sp³-hybridized carbons (Fsp3) is 0.364. The van der Waals surface area contributed by atoms with Gasteiger partial charge in [0.25, 0.3) is 0 Å². The predicted molar refractivity (Wildman–Crippen MR) is 57.2 cm³/mol. The van der Waals surface area contributed by atoms with Crippen LogP contribution in [0, 0.1) is 0 Å². The van der Waals surface area contributed by atoms with Crippen LogP contribution in [0.2, 0.25) is 0 Å². The Kier molecular flexibility index (Phi) is 1.86. The molecule has 2 rings (SSSR count). The Labute approximate surface area is 83.7 Å². The van der Waals surface area contributed by atoms with Gasteiger partial charge in [0.15, 0.2) is 0 Å². The fourth-order valence-electron chi connectivity index (χ4n) is 1.98. The number of anilines is 1. The number of rotatable bonds is 0. The highest BCUT2D eigenvalue weighted by atomic mass is 16.5. The van der Waals surface area contributed by atoms with Crippen LogP contribution in [0.5, 0.6) is 0 Å². The molecule has 3 heteroatoms. The van der Waals surface area contributed by atoms with E-state index in [4.69, 9.17) is 0 Å². The average molecular weight is 190 g/mol. The Morgan fingerprint density at radius 1 is 1.29 bits per heavy atom. The summed E-state index contributed by atoms with van der Waals surface area (Å²) in [4.78, 5) is 4.25. The molecule has 3 nitrogen and oxygen atoms in total. The maximum absolute atomic E-state index is 9.96. The first kappa shape index (κ1) is 9.21. The zero-order chi connectivity index (χ0) is 10.3. The molecule has 1 aromatic carbocycles. The summed E-state index contributed by atoms with van der Waals surface area (Å²) in [7, 11) is 1.76. The number of hydrogen-bond donors (Lipinski definition) is 1. The topological polar surface area (TPSA) is 35.8 Å². The molecule has 0 saturated heterocycles. The highest BCUT2D eigenvalue weighted by Crippen LogP contribution is 2.37. The van der Waals surface area contributed by atoms with Gasteiger partial charge in [-0.2, -0.15) is 0 Å². The summed E-state index contributed by atoms with van der Waals surface area (Å²) in [5, 5.41) is 11.2. The minimum Gasteiger partial charge on any atom is -0.290 e. The van der Waals surface area contributed by atoms with Crippen molar-refractivity contribution < 1.29 is 5.21 Å². The van der Waals surface area contributed by atoms with Crippen molar-refractivity contribution >= 4 is 11.4 Å². The van der Waals surface area contributed by atoms with Gasteiger partial charge in [-0.1, -0.05) is 18.2 Å². The second-order valence-electron chi connectivity index (χ2n) is 3.96. The van der Waals surface area contributed by atoms with E-state index >= 15 is 0 Å². The third-order valence-electron chi connectivity index (χ3n) is 2.72. The lowest BCUT2D eigenvalue weighted by Crippen LogP contribution is -2.43. The molecular weight excluding hydrogens is 176 g/mol. The SMILES string of the molecule is CN=C1c2ccccc2N(O)C1(C)C. The monoisotopic (exact) mass is 190 g/mol. The predicted octanol–water partition coefficient (Wildman–Crippen LogP) is 2.09. The van der Waals surface area contributed by atoms with Gasteiger partial charge in [-0.15, -0.1) is 0 Å². The minimum absolute atomic E-state index is 0.432. The molecule has 1 N–H and O–H groups in total. The number of aliphatic imine (C=N–C) groups is 1. The van der Waals surface area contributed by atoms with Crippen molar-refractivity contribution in [3.8, 4) is 0 Å². The van der Waals surface area contributed by atoms with E-state index in [1.54, 1.807) is 7.05 Å². The maximum atomic E-state index is 9.96. The Morgan fingerprint density at radius 3 is 2.57 bits per heavy atom. The van der Waals surface area contributed by atoms with Crippen LogP contribution in [0.15, 0.2) is 29.3 Å². The van der Waals surface area contributed by atoms with Gasteiger partial charge in [-0.3, -0.25) is 10.2 Å². The molecule has 14 heavy (non-hydrogen) atoms. The molecular formula is C11H14N2O. The first-order valence-electron chi connectivity index (χ1n) is 4.65. The molecule has 0 spiro atoms. The van der Waals surface area contributed by atoms with E-state index in [1.165, 1.54) is 5.06 Å². The van der Waals surface area contributed by atoms with Gasteiger partial charge in [0.05, 0.1) is 11.4 Å². The molecule has 0 atom stereocenters. The van der Waals surface area contributed by atoms with Crippen molar-refractivity contribution in [3.63, 3.8) is 0 Å². The summed E-state index contributed by atoms with van der Waals surface area (Å²) in [5.41, 5.74) is 2.34. The number of hydroxylamine groups is 1. The maximum Gasteiger partial charge on any atom is 0.104 e. The molecule has 1 aliphatic rings. The minimum atomic E-state index is -0.432. The third kappa shape index (κ3) is 0.990. The Morgan fingerprint density at radius 2 is 1.93 bits per heavy atom. The van der Waals surface area contributed by atoms with Crippen molar-refractivity contribution in [2.24, 2.45) is 4.99 Å². The molecule has 0 saturated carbocycles. The number of hydrogen-bond acceptors (Lipinski definition) is 3. The second kappa shape index (κ2) is 2.82. The van der Waals surface area contributed by atoms with Crippen molar-refractivity contribution in [3.05, 3.63) is 29.8 Å². The van der Waals surface area contributed by atoms with Gasteiger partial charge in [0.2, 0.25) is 0 Å². The van der Waals surface area contributed by atoms with E-state index in [0.29, 0.717) is 0 Å². The highest BCUT2D eigenvalue weighted by molar-refractivity contribution is 6.16. The lowest BCUT2D eigenvalue weighted by Gasteiger charge is -2.27. The summed E-state index contributed by atoms with van der Waals surface area (Å²) in [6.07, 6.45) is 0. The van der Waals surface area contributed by atoms with Crippen molar-refractivity contribution in [1.82, 2.24) is 0 Å². The lowest BCUT2D eigenvalue weighted by atomic mass is 9.97. The first-order chi connectivity index (χ1) is 6.59. The summed E-state index contributed by atoms with van der Waals surface area (Å²) < 4.78 is 0. The number of nitrogens with zero attached hydrogens (tertiary/aromatic N) is 2. The second-order valence-corrected chi connectivity index (χ2v) is 3.96. The smallest absolute Gasteiger partial charge is 0.104 e. The van der Waals surface area contributed by atoms with Crippen molar-refractivity contribution in [1.29, 1.82) is 0 Å². The number of fused-ring (bicyclic) bond motifs is 1. The number of benzene rings is 1. The molecule has 0 unspecified atom stereocenters. The summed E-state index contributed by atoms with van der Waals surface area (Å²) in [5.74, 6) is 0. The molecule has 0 radical (unpaired) electrons. The molecule has 0 bridgehead atoms. The Hall–Kier alpha value is -1.35. The van der Waals surface area contributed by atoms with E-state index in [0.717, 1.165) is 17.0 Å².